The topological polar surface area (TPSA) is 65.5 Å². The Bertz CT molecular complexity index is 716. The summed E-state index contributed by atoms with van der Waals surface area (Å²) in [5.74, 6) is 0.156. The SMILES string of the molecule is CN(Cc1ccncc1)C(=O)Nc1ccc(N2CCCC2=O)cc1. The molecule has 1 aliphatic rings. The fourth-order valence-electron chi connectivity index (χ4n) is 2.70. The second-order valence-electron chi connectivity index (χ2n) is 5.84. The van der Waals surface area contributed by atoms with Gasteiger partial charge in [-0.2, -0.15) is 0 Å². The first-order valence-corrected chi connectivity index (χ1v) is 7.95. The Morgan fingerprint density at radius 3 is 2.54 bits per heavy atom. The molecule has 0 unspecified atom stereocenters. The molecule has 1 aromatic carbocycles. The second-order valence-corrected chi connectivity index (χ2v) is 5.84. The van der Waals surface area contributed by atoms with Crippen LogP contribution in [0.1, 0.15) is 18.4 Å². The van der Waals surface area contributed by atoms with Crippen molar-refractivity contribution in [1.82, 2.24) is 9.88 Å². The Hall–Kier alpha value is -2.89. The number of urea groups is 1. The molecule has 6 nitrogen and oxygen atoms in total. The van der Waals surface area contributed by atoms with Gasteiger partial charge in [-0.1, -0.05) is 0 Å². The van der Waals surface area contributed by atoms with Gasteiger partial charge in [-0.3, -0.25) is 9.78 Å². The number of hydrogen-bond donors (Lipinski definition) is 1. The van der Waals surface area contributed by atoms with Crippen LogP contribution in [0.4, 0.5) is 16.2 Å². The number of aromatic nitrogens is 1. The van der Waals surface area contributed by atoms with E-state index in [1.165, 1.54) is 0 Å². The van der Waals surface area contributed by atoms with Crippen molar-refractivity contribution in [3.8, 4) is 0 Å². The first-order valence-electron chi connectivity index (χ1n) is 7.95. The van der Waals surface area contributed by atoms with E-state index < -0.39 is 0 Å². The summed E-state index contributed by atoms with van der Waals surface area (Å²) >= 11 is 0. The lowest BCUT2D eigenvalue weighted by atomic mass is 10.2. The van der Waals surface area contributed by atoms with Crippen LogP contribution in [0.25, 0.3) is 0 Å². The van der Waals surface area contributed by atoms with E-state index in [9.17, 15) is 9.59 Å². The van der Waals surface area contributed by atoms with Crippen LogP contribution in [0.3, 0.4) is 0 Å². The first kappa shape index (κ1) is 16.0. The maximum absolute atomic E-state index is 12.2. The van der Waals surface area contributed by atoms with Crippen molar-refractivity contribution in [2.45, 2.75) is 19.4 Å². The Morgan fingerprint density at radius 1 is 1.21 bits per heavy atom. The molecule has 2 aromatic rings. The number of nitrogens with zero attached hydrogens (tertiary/aromatic N) is 3. The van der Waals surface area contributed by atoms with E-state index in [4.69, 9.17) is 0 Å². The normalized spacial score (nSPS) is 13.9. The third kappa shape index (κ3) is 3.71. The fourth-order valence-corrected chi connectivity index (χ4v) is 2.70. The molecular formula is C18H20N4O2. The number of anilines is 2. The van der Waals surface area contributed by atoms with Crippen molar-refractivity contribution < 1.29 is 9.59 Å². The number of pyridine rings is 1. The molecule has 0 spiro atoms. The van der Waals surface area contributed by atoms with Gasteiger partial charge >= 0.3 is 6.03 Å². The van der Waals surface area contributed by atoms with Gasteiger partial charge in [0.1, 0.15) is 0 Å². The van der Waals surface area contributed by atoms with Crippen LogP contribution in [0.5, 0.6) is 0 Å². The highest BCUT2D eigenvalue weighted by molar-refractivity contribution is 5.96. The molecule has 124 valence electrons. The summed E-state index contributed by atoms with van der Waals surface area (Å²) in [7, 11) is 1.74. The molecule has 6 heteroatoms. The average molecular weight is 324 g/mol. The molecule has 1 fully saturated rings. The summed E-state index contributed by atoms with van der Waals surface area (Å²) in [5, 5.41) is 2.86. The van der Waals surface area contributed by atoms with E-state index in [0.29, 0.717) is 18.7 Å². The smallest absolute Gasteiger partial charge is 0.321 e. The molecule has 1 aromatic heterocycles. The number of benzene rings is 1. The zero-order chi connectivity index (χ0) is 16.9. The average Bonchev–Trinajstić information content (AvgIpc) is 3.02. The van der Waals surface area contributed by atoms with E-state index in [1.807, 2.05) is 36.4 Å². The summed E-state index contributed by atoms with van der Waals surface area (Å²) in [5.41, 5.74) is 2.60. The molecule has 3 amide bonds. The highest BCUT2D eigenvalue weighted by atomic mass is 16.2. The van der Waals surface area contributed by atoms with Crippen LogP contribution in [-0.4, -0.2) is 35.4 Å². The zero-order valence-corrected chi connectivity index (χ0v) is 13.6. The van der Waals surface area contributed by atoms with E-state index in [0.717, 1.165) is 24.2 Å². The van der Waals surface area contributed by atoms with Gasteiger partial charge < -0.3 is 15.1 Å². The van der Waals surface area contributed by atoms with Crippen molar-refractivity contribution >= 4 is 23.3 Å². The number of carbonyl (C=O) groups excluding carboxylic acids is 2. The van der Waals surface area contributed by atoms with E-state index in [1.54, 1.807) is 29.2 Å². The summed E-state index contributed by atoms with van der Waals surface area (Å²) in [4.78, 5) is 31.3. The van der Waals surface area contributed by atoms with Crippen LogP contribution < -0.4 is 10.2 Å². The molecule has 0 atom stereocenters. The number of nitrogens with one attached hydrogen (secondary N) is 1. The molecule has 1 N–H and O–H groups in total. The highest BCUT2D eigenvalue weighted by Crippen LogP contribution is 2.23. The molecule has 24 heavy (non-hydrogen) atoms. The van der Waals surface area contributed by atoms with Gasteiger partial charge in [0, 0.05) is 50.3 Å². The second kappa shape index (κ2) is 7.12. The quantitative estimate of drug-likeness (QED) is 0.940. The minimum atomic E-state index is -0.184. The predicted molar refractivity (Wildman–Crippen MR) is 92.8 cm³/mol. The molecule has 0 radical (unpaired) electrons. The number of rotatable bonds is 4. The van der Waals surface area contributed by atoms with E-state index in [-0.39, 0.29) is 11.9 Å². The minimum Gasteiger partial charge on any atom is -0.323 e. The van der Waals surface area contributed by atoms with Crippen LogP contribution in [-0.2, 0) is 11.3 Å². The number of carbonyl (C=O) groups is 2. The lowest BCUT2D eigenvalue weighted by molar-refractivity contribution is -0.117. The van der Waals surface area contributed by atoms with Crippen molar-refractivity contribution in [1.29, 1.82) is 0 Å². The molecule has 3 rings (SSSR count). The van der Waals surface area contributed by atoms with Crippen LogP contribution in [0.2, 0.25) is 0 Å². The standard InChI is InChI=1S/C18H20N4O2/c1-21(13-14-8-10-19-11-9-14)18(24)20-15-4-6-16(7-5-15)22-12-2-3-17(22)23/h4-11H,2-3,12-13H2,1H3,(H,20,24). The summed E-state index contributed by atoms with van der Waals surface area (Å²) in [6.07, 6.45) is 4.92. The van der Waals surface area contributed by atoms with Gasteiger partial charge in [-0.15, -0.1) is 0 Å². The molecule has 1 saturated heterocycles. The molecule has 0 saturated carbocycles. The van der Waals surface area contributed by atoms with Crippen molar-refractivity contribution in [2.75, 3.05) is 23.8 Å². The molecule has 2 heterocycles. The molecule has 1 aliphatic heterocycles. The Labute approximate surface area is 141 Å². The zero-order valence-electron chi connectivity index (χ0n) is 13.6. The van der Waals surface area contributed by atoms with Crippen LogP contribution in [0, 0.1) is 0 Å². The highest BCUT2D eigenvalue weighted by Gasteiger charge is 2.21. The molecular weight excluding hydrogens is 304 g/mol. The van der Waals surface area contributed by atoms with Crippen molar-refractivity contribution in [3.05, 3.63) is 54.4 Å². The largest absolute Gasteiger partial charge is 0.323 e. The predicted octanol–water partition coefficient (Wildman–Crippen LogP) is 2.87. The summed E-state index contributed by atoms with van der Waals surface area (Å²) in [6, 6.07) is 10.9. The van der Waals surface area contributed by atoms with Crippen LogP contribution >= 0.6 is 0 Å². The van der Waals surface area contributed by atoms with Gasteiger partial charge in [-0.25, -0.2) is 4.79 Å². The van der Waals surface area contributed by atoms with Gasteiger partial charge in [0.2, 0.25) is 5.91 Å². The number of hydrogen-bond acceptors (Lipinski definition) is 3. The van der Waals surface area contributed by atoms with Gasteiger partial charge in [0.15, 0.2) is 0 Å². The summed E-state index contributed by atoms with van der Waals surface area (Å²) < 4.78 is 0. The maximum Gasteiger partial charge on any atom is 0.321 e. The van der Waals surface area contributed by atoms with Crippen molar-refractivity contribution in [3.63, 3.8) is 0 Å². The Kier molecular flexibility index (Phi) is 4.74. The number of amides is 3. The Balaban J connectivity index is 1.59. The molecule has 0 bridgehead atoms. The third-order valence-electron chi connectivity index (χ3n) is 4.02. The van der Waals surface area contributed by atoms with Gasteiger partial charge in [0.05, 0.1) is 0 Å². The molecule has 0 aliphatic carbocycles. The van der Waals surface area contributed by atoms with Gasteiger partial charge in [-0.05, 0) is 48.4 Å². The third-order valence-corrected chi connectivity index (χ3v) is 4.02. The van der Waals surface area contributed by atoms with Gasteiger partial charge in [0.25, 0.3) is 0 Å². The maximum atomic E-state index is 12.2. The fraction of sp³-hybridized carbons (Fsp3) is 0.278. The monoisotopic (exact) mass is 324 g/mol. The lowest BCUT2D eigenvalue weighted by Crippen LogP contribution is -2.30. The summed E-state index contributed by atoms with van der Waals surface area (Å²) in [6.45, 7) is 1.27. The van der Waals surface area contributed by atoms with E-state index >= 15 is 0 Å². The first-order chi connectivity index (χ1) is 11.6. The van der Waals surface area contributed by atoms with Crippen molar-refractivity contribution in [2.24, 2.45) is 0 Å². The minimum absolute atomic E-state index is 0.156. The lowest BCUT2D eigenvalue weighted by Gasteiger charge is -2.19. The Morgan fingerprint density at radius 2 is 1.92 bits per heavy atom. The van der Waals surface area contributed by atoms with Crippen LogP contribution in [0.15, 0.2) is 48.8 Å². The van der Waals surface area contributed by atoms with E-state index in [2.05, 4.69) is 10.3 Å².